The van der Waals surface area contributed by atoms with Crippen LogP contribution in [0.2, 0.25) is 0 Å². The minimum Gasteiger partial charge on any atom is -0.493 e. The Balaban J connectivity index is 1.62. The number of carbonyl (C=O) groups is 1. The number of nitrogens with zero attached hydrogens (tertiary/aromatic N) is 2. The van der Waals surface area contributed by atoms with Crippen LogP contribution in [0.3, 0.4) is 0 Å². The van der Waals surface area contributed by atoms with E-state index in [1.165, 1.54) is 0 Å². The van der Waals surface area contributed by atoms with Crippen LogP contribution in [0.25, 0.3) is 0 Å². The lowest BCUT2D eigenvalue weighted by atomic mass is 9.99. The molecule has 0 bridgehead atoms. The summed E-state index contributed by atoms with van der Waals surface area (Å²) >= 11 is 3.44. The molecule has 0 aliphatic carbocycles. The predicted octanol–water partition coefficient (Wildman–Crippen LogP) is 1.89. The van der Waals surface area contributed by atoms with E-state index in [4.69, 9.17) is 4.74 Å². The number of amides is 1. The lowest BCUT2D eigenvalue weighted by Crippen LogP contribution is -2.43. The molecule has 136 valence electrons. The van der Waals surface area contributed by atoms with Crippen LogP contribution in [0.1, 0.15) is 18.0 Å². The number of hydrogen-bond donors (Lipinski definition) is 1. The third-order valence-electron chi connectivity index (χ3n) is 4.42. The number of carbonyl (C=O) groups excluding carboxylic acids is 1. The molecule has 3 aliphatic heterocycles. The van der Waals surface area contributed by atoms with Crippen molar-refractivity contribution in [3.8, 4) is 5.75 Å². The van der Waals surface area contributed by atoms with Crippen molar-refractivity contribution in [1.82, 2.24) is 10.2 Å². The number of hydrogen-bond acceptors (Lipinski definition) is 5. The van der Waals surface area contributed by atoms with Gasteiger partial charge in [0.25, 0.3) is 15.9 Å². The molecule has 26 heavy (non-hydrogen) atoms. The summed E-state index contributed by atoms with van der Waals surface area (Å²) in [5, 5.41) is 2.99. The van der Waals surface area contributed by atoms with E-state index >= 15 is 0 Å². The highest BCUT2D eigenvalue weighted by Gasteiger charge is 2.32. The summed E-state index contributed by atoms with van der Waals surface area (Å²) in [5.41, 5.74) is 1.14. The molecule has 0 spiro atoms. The van der Waals surface area contributed by atoms with Gasteiger partial charge in [-0.1, -0.05) is 15.9 Å². The summed E-state index contributed by atoms with van der Waals surface area (Å²) in [6.45, 7) is 0.787. The molecule has 0 saturated heterocycles. The first kappa shape index (κ1) is 17.3. The zero-order valence-corrected chi connectivity index (χ0v) is 16.1. The van der Waals surface area contributed by atoms with E-state index in [0.29, 0.717) is 13.0 Å². The van der Waals surface area contributed by atoms with Gasteiger partial charge in [-0.3, -0.25) is 4.79 Å². The Hall–Kier alpha value is -2.13. The number of nitrogens with one attached hydrogen (secondary N) is 1. The summed E-state index contributed by atoms with van der Waals surface area (Å²) in [6.07, 6.45) is 5.67. The Kier molecular flexibility index (Phi) is 4.36. The predicted molar refractivity (Wildman–Crippen MR) is 100 cm³/mol. The lowest BCUT2D eigenvalue weighted by Gasteiger charge is -2.31. The molecule has 0 aromatic heterocycles. The van der Waals surface area contributed by atoms with Gasteiger partial charge in [0.15, 0.2) is 5.84 Å². The molecule has 1 aromatic carbocycles. The van der Waals surface area contributed by atoms with E-state index in [1.54, 1.807) is 23.3 Å². The van der Waals surface area contributed by atoms with Crippen molar-refractivity contribution in [2.45, 2.75) is 12.5 Å². The Morgan fingerprint density at radius 1 is 1.38 bits per heavy atom. The maximum atomic E-state index is 12.9. The molecule has 1 amide bonds. The Bertz CT molecular complexity index is 968. The van der Waals surface area contributed by atoms with Gasteiger partial charge in [-0.05, 0) is 30.4 Å². The number of halogens is 1. The summed E-state index contributed by atoms with van der Waals surface area (Å²) in [4.78, 5) is 14.5. The normalized spacial score (nSPS) is 23.1. The average molecular weight is 438 g/mol. The van der Waals surface area contributed by atoms with Crippen LogP contribution < -0.4 is 10.1 Å². The van der Waals surface area contributed by atoms with Gasteiger partial charge in [0, 0.05) is 29.2 Å². The highest BCUT2D eigenvalue weighted by molar-refractivity contribution is 9.10. The van der Waals surface area contributed by atoms with Gasteiger partial charge in [0.05, 0.1) is 24.0 Å². The second kappa shape index (κ2) is 6.55. The molecule has 3 aliphatic rings. The number of rotatable bonds is 2. The van der Waals surface area contributed by atoms with E-state index in [1.807, 2.05) is 18.2 Å². The van der Waals surface area contributed by atoms with Crippen LogP contribution in [0.5, 0.6) is 5.75 Å². The third-order valence-corrected chi connectivity index (χ3v) is 6.06. The second-order valence-electron chi connectivity index (χ2n) is 6.16. The van der Waals surface area contributed by atoms with Crippen molar-refractivity contribution in [2.75, 3.05) is 18.9 Å². The number of allylic oxidation sites excluding steroid dienone is 2. The average Bonchev–Trinajstić information content (AvgIpc) is 2.61. The molecule has 9 heteroatoms. The molecule has 3 heterocycles. The Morgan fingerprint density at radius 3 is 3.08 bits per heavy atom. The van der Waals surface area contributed by atoms with Crippen LogP contribution >= 0.6 is 15.9 Å². The number of ether oxygens (including phenoxy) is 1. The van der Waals surface area contributed by atoms with Crippen molar-refractivity contribution < 1.29 is 17.9 Å². The van der Waals surface area contributed by atoms with E-state index in [2.05, 4.69) is 25.6 Å². The quantitative estimate of drug-likeness (QED) is 0.762. The van der Waals surface area contributed by atoms with Crippen LogP contribution in [-0.4, -0.2) is 44.0 Å². The standard InChI is InChI=1S/C17H16BrN3O4S/c18-11-3-4-15-13(10-11)14(5-8-25-15)19-17(22)12-2-1-6-21-7-9-26(23,24)20-16(12)21/h1-4,6,10,14H,5,7-9H2,(H,19,22). The monoisotopic (exact) mass is 437 g/mol. The topological polar surface area (TPSA) is 88.1 Å². The fourth-order valence-corrected chi connectivity index (χ4v) is 4.51. The first-order valence-corrected chi connectivity index (χ1v) is 10.5. The fourth-order valence-electron chi connectivity index (χ4n) is 3.14. The lowest BCUT2D eigenvalue weighted by molar-refractivity contribution is -0.118. The molecule has 1 unspecified atom stereocenters. The molecule has 0 saturated carbocycles. The van der Waals surface area contributed by atoms with Crippen LogP contribution in [-0.2, 0) is 14.8 Å². The fraction of sp³-hybridized carbons (Fsp3) is 0.294. The first-order valence-electron chi connectivity index (χ1n) is 8.14. The summed E-state index contributed by atoms with van der Waals surface area (Å²) < 4.78 is 34.0. The Labute approximate surface area is 159 Å². The first-order chi connectivity index (χ1) is 12.4. The zero-order valence-electron chi connectivity index (χ0n) is 13.7. The molecule has 0 fully saturated rings. The van der Waals surface area contributed by atoms with Gasteiger partial charge in [-0.25, -0.2) is 8.42 Å². The molecule has 7 nitrogen and oxygen atoms in total. The van der Waals surface area contributed by atoms with E-state index in [9.17, 15) is 13.2 Å². The van der Waals surface area contributed by atoms with Gasteiger partial charge in [-0.15, -0.1) is 4.40 Å². The zero-order chi connectivity index (χ0) is 18.3. The van der Waals surface area contributed by atoms with Crippen molar-refractivity contribution in [3.05, 3.63) is 52.2 Å². The van der Waals surface area contributed by atoms with Crippen LogP contribution in [0.4, 0.5) is 0 Å². The SMILES string of the molecule is O=C(NC1CCOc2ccc(Br)cc21)C1=CC=CN2CCS(=O)(=O)N=C12. The van der Waals surface area contributed by atoms with Gasteiger partial charge in [-0.2, -0.15) is 0 Å². The molecular weight excluding hydrogens is 422 g/mol. The van der Waals surface area contributed by atoms with Crippen LogP contribution in [0, 0.1) is 0 Å². The van der Waals surface area contributed by atoms with E-state index in [-0.39, 0.29) is 35.7 Å². The molecule has 4 rings (SSSR count). The maximum Gasteiger partial charge on any atom is 0.256 e. The van der Waals surface area contributed by atoms with Gasteiger partial charge in [0.2, 0.25) is 0 Å². The number of fused-ring (bicyclic) bond motifs is 2. The van der Waals surface area contributed by atoms with Gasteiger partial charge in [0.1, 0.15) is 5.75 Å². The largest absolute Gasteiger partial charge is 0.493 e. The number of amidine groups is 1. The van der Waals surface area contributed by atoms with Crippen LogP contribution in [0.15, 0.2) is 51.0 Å². The molecular formula is C17H16BrN3O4S. The van der Waals surface area contributed by atoms with Gasteiger partial charge < -0.3 is 15.0 Å². The van der Waals surface area contributed by atoms with Crippen molar-refractivity contribution in [1.29, 1.82) is 0 Å². The van der Waals surface area contributed by atoms with E-state index in [0.717, 1.165) is 15.8 Å². The minimum absolute atomic E-state index is 0.0584. The maximum absolute atomic E-state index is 12.9. The third kappa shape index (κ3) is 3.28. The van der Waals surface area contributed by atoms with Crippen molar-refractivity contribution in [2.24, 2.45) is 4.40 Å². The highest BCUT2D eigenvalue weighted by atomic mass is 79.9. The Morgan fingerprint density at radius 2 is 2.23 bits per heavy atom. The molecule has 1 N–H and O–H groups in total. The highest BCUT2D eigenvalue weighted by Crippen LogP contribution is 2.34. The molecule has 1 aromatic rings. The number of sulfonamides is 1. The molecule has 1 atom stereocenters. The summed E-state index contributed by atoms with van der Waals surface area (Å²) in [6, 6.07) is 5.45. The number of benzene rings is 1. The summed E-state index contributed by atoms with van der Waals surface area (Å²) in [7, 11) is -3.54. The minimum atomic E-state index is -3.54. The van der Waals surface area contributed by atoms with E-state index < -0.39 is 10.0 Å². The second-order valence-corrected chi connectivity index (χ2v) is 8.83. The van der Waals surface area contributed by atoms with Crippen molar-refractivity contribution in [3.63, 3.8) is 0 Å². The summed E-state index contributed by atoms with van der Waals surface area (Å²) in [5.74, 6) is 0.504. The smallest absolute Gasteiger partial charge is 0.256 e. The van der Waals surface area contributed by atoms with Crippen molar-refractivity contribution >= 4 is 37.7 Å². The van der Waals surface area contributed by atoms with Gasteiger partial charge >= 0.3 is 0 Å². The molecule has 0 radical (unpaired) electrons.